The monoisotopic (exact) mass is 357 g/mol. The molecule has 0 saturated heterocycles. The first-order chi connectivity index (χ1) is 12.1. The topological polar surface area (TPSA) is 38.7 Å². The minimum Gasteiger partial charge on any atom is -0.462 e. The third kappa shape index (κ3) is 4.37. The Hall–Kier alpha value is -1.51. The van der Waals surface area contributed by atoms with Gasteiger partial charge in [-0.05, 0) is 80.8 Å². The van der Waals surface area contributed by atoms with E-state index in [0.29, 0.717) is 0 Å². The zero-order valence-corrected chi connectivity index (χ0v) is 15.8. The number of thiocarbonyl (C=S) groups is 1. The van der Waals surface area contributed by atoms with Crippen molar-refractivity contribution >= 4 is 29.0 Å². The fraction of sp³-hybridized carbons (Fsp3) is 0.619. The molecule has 0 radical (unpaired) electrons. The van der Waals surface area contributed by atoms with Gasteiger partial charge >= 0.3 is 5.97 Å². The first-order valence-electron chi connectivity index (χ1n) is 9.53. The third-order valence-corrected chi connectivity index (χ3v) is 6.08. The summed E-state index contributed by atoms with van der Waals surface area (Å²) in [5.41, 5.74) is 1.79. The molecule has 0 spiro atoms. The summed E-state index contributed by atoms with van der Waals surface area (Å²) >= 11 is 4.63. The quantitative estimate of drug-likeness (QED) is 0.360. The zero-order chi connectivity index (χ0) is 17.7. The Labute approximate surface area is 155 Å². The van der Waals surface area contributed by atoms with Crippen LogP contribution in [-0.4, -0.2) is 17.2 Å². The number of carbonyl (C=O) groups is 1. The van der Waals surface area contributed by atoms with E-state index in [1.807, 2.05) is 24.3 Å². The summed E-state index contributed by atoms with van der Waals surface area (Å²) in [6, 6.07) is 7.93. The van der Waals surface area contributed by atoms with E-state index in [2.05, 4.69) is 29.3 Å². The van der Waals surface area contributed by atoms with E-state index in [-0.39, 0.29) is 17.5 Å². The van der Waals surface area contributed by atoms with Crippen molar-refractivity contribution < 1.29 is 9.53 Å². The van der Waals surface area contributed by atoms with E-state index >= 15 is 0 Å². The van der Waals surface area contributed by atoms with Crippen LogP contribution in [0, 0.1) is 11.3 Å². The first kappa shape index (κ1) is 18.3. The molecule has 1 atom stereocenters. The molecule has 0 aliphatic heterocycles. The molecule has 4 heteroatoms. The van der Waals surface area contributed by atoms with Gasteiger partial charge in [-0.2, -0.15) is 4.99 Å². The van der Waals surface area contributed by atoms with Crippen molar-refractivity contribution in [1.82, 2.24) is 0 Å². The van der Waals surface area contributed by atoms with E-state index < -0.39 is 0 Å². The summed E-state index contributed by atoms with van der Waals surface area (Å²) in [4.78, 5) is 16.9. The summed E-state index contributed by atoms with van der Waals surface area (Å²) in [6.45, 7) is 2.14. The molecular formula is C21H27NO2S. The number of nitrogens with zero attached hydrogens (tertiary/aromatic N) is 1. The number of hydrogen-bond donors (Lipinski definition) is 0. The third-order valence-electron chi connectivity index (χ3n) is 5.99. The normalized spacial score (nSPS) is 25.9. The summed E-state index contributed by atoms with van der Waals surface area (Å²) in [6.07, 6.45) is 9.34. The lowest BCUT2D eigenvalue weighted by Gasteiger charge is -2.44. The molecule has 0 heterocycles. The Bertz CT molecular complexity index is 627. The van der Waals surface area contributed by atoms with Crippen molar-refractivity contribution in [2.75, 3.05) is 0 Å². The number of benzene rings is 1. The number of rotatable bonds is 7. The van der Waals surface area contributed by atoms with E-state index in [9.17, 15) is 4.79 Å². The largest absolute Gasteiger partial charge is 0.462 e. The maximum atomic E-state index is 12.9. The van der Waals surface area contributed by atoms with Gasteiger partial charge in [-0.15, -0.1) is 0 Å². The van der Waals surface area contributed by atoms with Crippen molar-refractivity contribution in [3.05, 3.63) is 29.8 Å². The van der Waals surface area contributed by atoms with Crippen molar-refractivity contribution in [2.24, 2.45) is 16.3 Å². The Morgan fingerprint density at radius 1 is 1.28 bits per heavy atom. The summed E-state index contributed by atoms with van der Waals surface area (Å²) in [7, 11) is 0. The van der Waals surface area contributed by atoms with Gasteiger partial charge in [0, 0.05) is 6.42 Å². The van der Waals surface area contributed by atoms with Crippen LogP contribution in [0.15, 0.2) is 29.3 Å². The van der Waals surface area contributed by atoms with Gasteiger partial charge < -0.3 is 4.74 Å². The molecule has 3 nitrogen and oxygen atoms in total. The predicted molar refractivity (Wildman–Crippen MR) is 103 cm³/mol. The van der Waals surface area contributed by atoms with Crippen LogP contribution in [0.3, 0.4) is 0 Å². The standard InChI is InChI=1S/C21H27NO2S/c1-2-3-19(14-17-4-6-18(7-5-17)22-15-25)24-20(23)21-11-8-16(9-12-21)10-13-21/h4-7,16,19H,2-3,8-14H2,1H3. The number of esters is 1. The molecule has 0 amide bonds. The molecule has 134 valence electrons. The first-order valence-corrected chi connectivity index (χ1v) is 9.94. The average Bonchev–Trinajstić information content (AvgIpc) is 2.65. The van der Waals surface area contributed by atoms with Crippen molar-refractivity contribution in [3.63, 3.8) is 0 Å². The fourth-order valence-electron chi connectivity index (χ4n) is 4.38. The SMILES string of the molecule is CCCC(Cc1ccc(N=C=S)cc1)OC(=O)C12CCC(CC1)CC2. The Morgan fingerprint density at radius 3 is 2.48 bits per heavy atom. The highest BCUT2D eigenvalue weighted by atomic mass is 32.1. The average molecular weight is 358 g/mol. The molecule has 25 heavy (non-hydrogen) atoms. The molecule has 0 aromatic heterocycles. The van der Waals surface area contributed by atoms with Crippen molar-refractivity contribution in [3.8, 4) is 0 Å². The van der Waals surface area contributed by atoms with E-state index in [4.69, 9.17) is 4.74 Å². The van der Waals surface area contributed by atoms with Gasteiger partial charge in [0.2, 0.25) is 0 Å². The van der Waals surface area contributed by atoms with Crippen LogP contribution in [0.1, 0.15) is 63.9 Å². The summed E-state index contributed by atoms with van der Waals surface area (Å²) in [5, 5.41) is 2.38. The lowest BCUT2D eigenvalue weighted by molar-refractivity contribution is -0.168. The molecular weight excluding hydrogens is 330 g/mol. The zero-order valence-electron chi connectivity index (χ0n) is 15.0. The molecule has 3 aliphatic rings. The number of isothiocyanates is 1. The van der Waals surface area contributed by atoms with Gasteiger partial charge in [0.1, 0.15) is 6.10 Å². The highest BCUT2D eigenvalue weighted by molar-refractivity contribution is 7.78. The second kappa shape index (κ2) is 8.25. The highest BCUT2D eigenvalue weighted by Crippen LogP contribution is 2.51. The van der Waals surface area contributed by atoms with Crippen LogP contribution >= 0.6 is 12.2 Å². The number of hydrogen-bond acceptors (Lipinski definition) is 4. The van der Waals surface area contributed by atoms with Crippen LogP contribution in [0.25, 0.3) is 0 Å². The van der Waals surface area contributed by atoms with Gasteiger partial charge in [-0.25, -0.2) is 0 Å². The van der Waals surface area contributed by atoms with Gasteiger partial charge in [0.25, 0.3) is 0 Å². The smallest absolute Gasteiger partial charge is 0.312 e. The molecule has 2 bridgehead atoms. The highest BCUT2D eigenvalue weighted by Gasteiger charge is 2.47. The molecule has 1 aromatic rings. The van der Waals surface area contributed by atoms with Crippen LogP contribution in [0.5, 0.6) is 0 Å². The van der Waals surface area contributed by atoms with E-state index in [1.54, 1.807) is 0 Å². The van der Waals surface area contributed by atoms with Gasteiger partial charge in [-0.1, -0.05) is 25.5 Å². The number of ether oxygens (including phenoxy) is 1. The minimum atomic E-state index is -0.182. The molecule has 3 fully saturated rings. The van der Waals surface area contributed by atoms with Crippen LogP contribution in [0.4, 0.5) is 5.69 Å². The summed E-state index contributed by atoms with van der Waals surface area (Å²) < 4.78 is 6.04. The van der Waals surface area contributed by atoms with E-state index in [0.717, 1.165) is 50.1 Å². The molecule has 1 aromatic carbocycles. The Morgan fingerprint density at radius 2 is 1.92 bits per heavy atom. The van der Waals surface area contributed by atoms with Crippen molar-refractivity contribution in [1.29, 1.82) is 0 Å². The number of carbonyl (C=O) groups excluding carboxylic acids is 1. The number of aliphatic imine (C=N–C) groups is 1. The second-order valence-electron chi connectivity index (χ2n) is 7.65. The number of fused-ring (bicyclic) bond motifs is 3. The molecule has 3 saturated carbocycles. The molecule has 3 aliphatic carbocycles. The van der Waals surface area contributed by atoms with Crippen molar-refractivity contribution in [2.45, 2.75) is 70.8 Å². The van der Waals surface area contributed by atoms with Crippen LogP contribution in [0.2, 0.25) is 0 Å². The molecule has 1 unspecified atom stereocenters. The summed E-state index contributed by atoms with van der Waals surface area (Å²) in [5.74, 6) is 0.917. The van der Waals surface area contributed by atoms with E-state index in [1.165, 1.54) is 24.8 Å². The molecule has 0 N–H and O–H groups in total. The maximum absolute atomic E-state index is 12.9. The Kier molecular flexibility index (Phi) is 6.03. The minimum absolute atomic E-state index is 0.0357. The van der Waals surface area contributed by atoms with Gasteiger partial charge in [-0.3, -0.25) is 4.79 Å². The lowest BCUT2D eigenvalue weighted by Crippen LogP contribution is -2.43. The van der Waals surface area contributed by atoms with Crippen LogP contribution < -0.4 is 0 Å². The van der Waals surface area contributed by atoms with Crippen LogP contribution in [-0.2, 0) is 16.0 Å². The Balaban J connectivity index is 1.64. The van der Waals surface area contributed by atoms with Gasteiger partial charge in [0.05, 0.1) is 16.3 Å². The molecule has 4 rings (SSSR count). The lowest BCUT2D eigenvalue weighted by atomic mass is 9.61. The second-order valence-corrected chi connectivity index (χ2v) is 7.83. The predicted octanol–water partition coefficient (Wildman–Crippen LogP) is 5.65. The van der Waals surface area contributed by atoms with Gasteiger partial charge in [0.15, 0.2) is 0 Å². The maximum Gasteiger partial charge on any atom is 0.312 e. The fourth-order valence-corrected chi connectivity index (χ4v) is 4.48.